The first-order valence-electron chi connectivity index (χ1n) is 9.14. The van der Waals surface area contributed by atoms with Gasteiger partial charge in [-0.3, -0.25) is 9.89 Å². The average Bonchev–Trinajstić information content (AvgIpc) is 2.92. The Balaban J connectivity index is 1.44. The van der Waals surface area contributed by atoms with E-state index in [0.29, 0.717) is 12.8 Å². The first-order chi connectivity index (χ1) is 12.0. The summed E-state index contributed by atoms with van der Waals surface area (Å²) in [6.07, 6.45) is 3.20. The standard InChI is InChI=1S/C20H28N4O/c1-14-5-4-6-18(13-14)24-11-9-17(10-12-24)21-20(25)8-7-19-15(2)16(3)22-23-19/h4-6,13,17H,7-12H2,1-3H3,(H,21,25)(H,22,23). The van der Waals surface area contributed by atoms with Crippen molar-refractivity contribution in [3.63, 3.8) is 0 Å². The van der Waals surface area contributed by atoms with Crippen LogP contribution in [0.3, 0.4) is 0 Å². The smallest absolute Gasteiger partial charge is 0.220 e. The molecule has 1 saturated heterocycles. The molecule has 3 rings (SSSR count). The van der Waals surface area contributed by atoms with Crippen molar-refractivity contribution < 1.29 is 4.79 Å². The van der Waals surface area contributed by atoms with E-state index < -0.39 is 0 Å². The number of hydrogen-bond donors (Lipinski definition) is 2. The van der Waals surface area contributed by atoms with Crippen LogP contribution in [0.2, 0.25) is 0 Å². The fraction of sp³-hybridized carbons (Fsp3) is 0.500. The van der Waals surface area contributed by atoms with Crippen molar-refractivity contribution in [2.45, 2.75) is 52.5 Å². The molecule has 0 spiro atoms. The van der Waals surface area contributed by atoms with Crippen LogP contribution in [0.1, 0.15) is 41.8 Å². The number of aromatic nitrogens is 2. The number of anilines is 1. The zero-order chi connectivity index (χ0) is 17.8. The average molecular weight is 340 g/mol. The number of aryl methyl sites for hydroxylation is 3. The summed E-state index contributed by atoms with van der Waals surface area (Å²) in [7, 11) is 0. The van der Waals surface area contributed by atoms with Crippen LogP contribution in [-0.2, 0) is 11.2 Å². The van der Waals surface area contributed by atoms with Gasteiger partial charge in [-0.2, -0.15) is 5.10 Å². The van der Waals surface area contributed by atoms with E-state index in [1.165, 1.54) is 16.8 Å². The number of piperidine rings is 1. The quantitative estimate of drug-likeness (QED) is 0.879. The normalized spacial score (nSPS) is 15.4. The molecular weight excluding hydrogens is 312 g/mol. The van der Waals surface area contributed by atoms with Crippen molar-refractivity contribution >= 4 is 11.6 Å². The number of nitrogens with zero attached hydrogens (tertiary/aromatic N) is 2. The molecule has 1 aromatic heterocycles. The van der Waals surface area contributed by atoms with Crippen LogP contribution in [0.4, 0.5) is 5.69 Å². The molecule has 1 aliphatic heterocycles. The van der Waals surface area contributed by atoms with Crippen molar-refractivity contribution in [1.82, 2.24) is 15.5 Å². The molecule has 1 aromatic carbocycles. The van der Waals surface area contributed by atoms with E-state index in [1.54, 1.807) is 0 Å². The van der Waals surface area contributed by atoms with Crippen molar-refractivity contribution in [2.75, 3.05) is 18.0 Å². The van der Waals surface area contributed by atoms with E-state index in [-0.39, 0.29) is 11.9 Å². The molecule has 0 unspecified atom stereocenters. The topological polar surface area (TPSA) is 61.0 Å². The maximum atomic E-state index is 12.2. The lowest BCUT2D eigenvalue weighted by atomic mass is 10.0. The Labute approximate surface area is 149 Å². The lowest BCUT2D eigenvalue weighted by molar-refractivity contribution is -0.121. The molecule has 0 radical (unpaired) electrons. The molecule has 1 amide bonds. The monoisotopic (exact) mass is 340 g/mol. The van der Waals surface area contributed by atoms with Gasteiger partial charge in [0.15, 0.2) is 0 Å². The Bertz CT molecular complexity index is 729. The van der Waals surface area contributed by atoms with Crippen LogP contribution < -0.4 is 10.2 Å². The Morgan fingerprint density at radius 3 is 2.68 bits per heavy atom. The molecule has 25 heavy (non-hydrogen) atoms. The summed E-state index contributed by atoms with van der Waals surface area (Å²) in [6.45, 7) is 8.16. The second-order valence-corrected chi connectivity index (χ2v) is 7.09. The Morgan fingerprint density at radius 2 is 2.04 bits per heavy atom. The molecule has 1 fully saturated rings. The zero-order valence-electron chi connectivity index (χ0n) is 15.4. The molecule has 0 atom stereocenters. The van der Waals surface area contributed by atoms with Crippen LogP contribution in [0.5, 0.6) is 0 Å². The fourth-order valence-corrected chi connectivity index (χ4v) is 3.42. The van der Waals surface area contributed by atoms with Crippen molar-refractivity contribution in [3.05, 3.63) is 46.8 Å². The molecule has 5 heteroatoms. The maximum Gasteiger partial charge on any atom is 0.220 e. The van der Waals surface area contributed by atoms with Gasteiger partial charge in [0.25, 0.3) is 0 Å². The van der Waals surface area contributed by atoms with E-state index in [4.69, 9.17) is 0 Å². The fourth-order valence-electron chi connectivity index (χ4n) is 3.42. The highest BCUT2D eigenvalue weighted by atomic mass is 16.1. The number of carbonyl (C=O) groups excluding carboxylic acids is 1. The Morgan fingerprint density at radius 1 is 1.28 bits per heavy atom. The van der Waals surface area contributed by atoms with Gasteiger partial charge in [-0.1, -0.05) is 12.1 Å². The van der Waals surface area contributed by atoms with E-state index in [0.717, 1.165) is 37.3 Å². The van der Waals surface area contributed by atoms with Gasteiger partial charge in [0.1, 0.15) is 0 Å². The molecule has 0 bridgehead atoms. The number of benzene rings is 1. The molecular formula is C20H28N4O. The number of carbonyl (C=O) groups is 1. The van der Waals surface area contributed by atoms with Gasteiger partial charge >= 0.3 is 0 Å². The molecule has 2 N–H and O–H groups in total. The number of nitrogens with one attached hydrogen (secondary N) is 2. The summed E-state index contributed by atoms with van der Waals surface area (Å²) in [5, 5.41) is 10.4. The van der Waals surface area contributed by atoms with Crippen molar-refractivity contribution in [2.24, 2.45) is 0 Å². The van der Waals surface area contributed by atoms with Crippen LogP contribution in [0.25, 0.3) is 0 Å². The van der Waals surface area contributed by atoms with Gasteiger partial charge in [-0.05, 0) is 56.9 Å². The van der Waals surface area contributed by atoms with Crippen LogP contribution in [0, 0.1) is 20.8 Å². The number of amides is 1. The summed E-state index contributed by atoms with van der Waals surface area (Å²) in [5.74, 6) is 0.133. The summed E-state index contributed by atoms with van der Waals surface area (Å²) in [6, 6.07) is 8.92. The molecule has 0 aliphatic carbocycles. The maximum absolute atomic E-state index is 12.2. The largest absolute Gasteiger partial charge is 0.371 e. The van der Waals surface area contributed by atoms with Crippen molar-refractivity contribution in [3.8, 4) is 0 Å². The van der Waals surface area contributed by atoms with Crippen LogP contribution in [0.15, 0.2) is 24.3 Å². The van der Waals surface area contributed by atoms with Crippen LogP contribution >= 0.6 is 0 Å². The zero-order valence-corrected chi connectivity index (χ0v) is 15.4. The summed E-state index contributed by atoms with van der Waals surface area (Å²) in [4.78, 5) is 14.6. The van der Waals surface area contributed by atoms with Crippen LogP contribution in [-0.4, -0.2) is 35.2 Å². The summed E-state index contributed by atoms with van der Waals surface area (Å²) < 4.78 is 0. The minimum atomic E-state index is 0.133. The lowest BCUT2D eigenvalue weighted by Gasteiger charge is -2.34. The highest BCUT2D eigenvalue weighted by Gasteiger charge is 2.21. The molecule has 5 nitrogen and oxygen atoms in total. The molecule has 2 aromatic rings. The molecule has 134 valence electrons. The van der Waals surface area contributed by atoms with E-state index >= 15 is 0 Å². The number of H-pyrrole nitrogens is 1. The van der Waals surface area contributed by atoms with E-state index in [9.17, 15) is 4.79 Å². The van der Waals surface area contributed by atoms with Gasteiger partial charge < -0.3 is 10.2 Å². The molecule has 2 heterocycles. The van der Waals surface area contributed by atoms with E-state index in [2.05, 4.69) is 51.6 Å². The second-order valence-electron chi connectivity index (χ2n) is 7.09. The first-order valence-corrected chi connectivity index (χ1v) is 9.14. The minimum absolute atomic E-state index is 0.133. The number of aromatic amines is 1. The molecule has 1 aliphatic rings. The number of hydrogen-bond acceptors (Lipinski definition) is 3. The van der Waals surface area contributed by atoms with Gasteiger partial charge in [0.2, 0.25) is 5.91 Å². The minimum Gasteiger partial charge on any atom is -0.371 e. The summed E-state index contributed by atoms with van der Waals surface area (Å²) >= 11 is 0. The third-order valence-corrected chi connectivity index (χ3v) is 5.17. The first kappa shape index (κ1) is 17.5. The van der Waals surface area contributed by atoms with Gasteiger partial charge in [-0.25, -0.2) is 0 Å². The summed E-state index contributed by atoms with van der Waals surface area (Å²) in [5.41, 5.74) is 5.83. The number of rotatable bonds is 5. The Kier molecular flexibility index (Phi) is 5.41. The highest BCUT2D eigenvalue weighted by molar-refractivity contribution is 5.76. The van der Waals surface area contributed by atoms with Gasteiger partial charge in [0, 0.05) is 43.4 Å². The SMILES string of the molecule is Cc1cccc(N2CCC(NC(=O)CCc3n[nH]c(C)c3C)CC2)c1. The predicted molar refractivity (Wildman–Crippen MR) is 101 cm³/mol. The predicted octanol–water partition coefficient (Wildman–Crippen LogP) is 3.05. The highest BCUT2D eigenvalue weighted by Crippen LogP contribution is 2.21. The third-order valence-electron chi connectivity index (χ3n) is 5.17. The second kappa shape index (κ2) is 7.72. The van der Waals surface area contributed by atoms with Gasteiger partial charge in [0.05, 0.1) is 5.69 Å². The molecule has 0 saturated carbocycles. The third kappa shape index (κ3) is 4.41. The van der Waals surface area contributed by atoms with Crippen molar-refractivity contribution in [1.29, 1.82) is 0 Å². The lowest BCUT2D eigenvalue weighted by Crippen LogP contribution is -2.44. The van der Waals surface area contributed by atoms with Gasteiger partial charge in [-0.15, -0.1) is 0 Å². The Hall–Kier alpha value is -2.30. The van der Waals surface area contributed by atoms with E-state index in [1.807, 2.05) is 13.8 Å².